The van der Waals surface area contributed by atoms with Crippen LogP contribution in [0.15, 0.2) is 24.3 Å². The fourth-order valence-electron chi connectivity index (χ4n) is 2.54. The van der Waals surface area contributed by atoms with E-state index < -0.39 is 0 Å². The molecule has 0 atom stereocenters. The van der Waals surface area contributed by atoms with Gasteiger partial charge in [-0.25, -0.2) is 4.98 Å². The molecule has 3 rings (SSSR count). The maximum absolute atomic E-state index is 12.7. The zero-order valence-corrected chi connectivity index (χ0v) is 16.2. The summed E-state index contributed by atoms with van der Waals surface area (Å²) in [4.78, 5) is 17.1. The molecule has 0 aliphatic rings. The van der Waals surface area contributed by atoms with Crippen LogP contribution in [0.4, 0.5) is 5.13 Å². The summed E-state index contributed by atoms with van der Waals surface area (Å²) in [5.74, 6) is 0.914. The number of hydrogen-bond acceptors (Lipinski definition) is 6. The van der Waals surface area contributed by atoms with E-state index in [9.17, 15) is 4.79 Å². The van der Waals surface area contributed by atoms with Crippen LogP contribution >= 0.6 is 22.9 Å². The molecule has 0 saturated heterocycles. The van der Waals surface area contributed by atoms with E-state index in [4.69, 9.17) is 25.8 Å². The predicted molar refractivity (Wildman–Crippen MR) is 103 cm³/mol. The van der Waals surface area contributed by atoms with Crippen molar-refractivity contribution in [1.29, 1.82) is 0 Å². The van der Waals surface area contributed by atoms with E-state index >= 15 is 0 Å². The number of amides is 1. The van der Waals surface area contributed by atoms with Gasteiger partial charge in [-0.15, -0.1) is 0 Å². The molecule has 0 saturated carbocycles. The van der Waals surface area contributed by atoms with E-state index in [-0.39, 0.29) is 5.91 Å². The van der Waals surface area contributed by atoms with Gasteiger partial charge in [-0.05, 0) is 36.8 Å². The summed E-state index contributed by atoms with van der Waals surface area (Å²) < 4.78 is 16.8. The number of methoxy groups -OCH3 is 3. The number of aromatic nitrogens is 1. The molecule has 0 aliphatic carbocycles. The molecule has 0 fully saturated rings. The highest BCUT2D eigenvalue weighted by molar-refractivity contribution is 7.22. The molecule has 1 aromatic heterocycles. The van der Waals surface area contributed by atoms with Crippen molar-refractivity contribution in [2.75, 3.05) is 26.6 Å². The van der Waals surface area contributed by atoms with E-state index in [1.165, 1.54) is 32.7 Å². The standard InChI is InChI=1S/C18H17ClN2O4S/c1-9-11(19)5-6-14-15(9)20-18(26-14)21-17(22)10-7-12(23-2)16(25-4)13(8-10)24-3/h5-8H,1-4H3,(H,20,21,22). The third-order valence-electron chi connectivity index (χ3n) is 3.90. The molecule has 3 aromatic rings. The van der Waals surface area contributed by atoms with Gasteiger partial charge in [0.1, 0.15) is 0 Å². The van der Waals surface area contributed by atoms with Crippen LogP contribution in [-0.2, 0) is 0 Å². The van der Waals surface area contributed by atoms with E-state index in [0.717, 1.165) is 15.8 Å². The van der Waals surface area contributed by atoms with Crippen LogP contribution < -0.4 is 19.5 Å². The van der Waals surface area contributed by atoms with Gasteiger partial charge in [-0.2, -0.15) is 0 Å². The lowest BCUT2D eigenvalue weighted by atomic mass is 10.1. The van der Waals surface area contributed by atoms with Crippen molar-refractivity contribution < 1.29 is 19.0 Å². The summed E-state index contributed by atoms with van der Waals surface area (Å²) >= 11 is 7.51. The van der Waals surface area contributed by atoms with E-state index in [1.54, 1.807) is 12.1 Å². The Labute approximate surface area is 159 Å². The molecule has 136 valence electrons. The molecule has 0 radical (unpaired) electrons. The molecule has 1 heterocycles. The fraction of sp³-hybridized carbons (Fsp3) is 0.222. The van der Waals surface area contributed by atoms with Gasteiger partial charge >= 0.3 is 0 Å². The molecular formula is C18H17ClN2O4S. The first-order valence-corrected chi connectivity index (χ1v) is 8.85. The molecule has 0 bridgehead atoms. The van der Waals surface area contributed by atoms with Gasteiger partial charge in [0, 0.05) is 10.6 Å². The monoisotopic (exact) mass is 392 g/mol. The first-order valence-electron chi connectivity index (χ1n) is 7.65. The number of rotatable bonds is 5. The minimum absolute atomic E-state index is 0.327. The molecule has 6 nitrogen and oxygen atoms in total. The predicted octanol–water partition coefficient (Wildman–Crippen LogP) is 4.54. The van der Waals surface area contributed by atoms with Gasteiger partial charge < -0.3 is 14.2 Å². The SMILES string of the molecule is COc1cc(C(=O)Nc2nc3c(C)c(Cl)ccc3s2)cc(OC)c1OC. The maximum atomic E-state index is 12.7. The highest BCUT2D eigenvalue weighted by Crippen LogP contribution is 2.38. The van der Waals surface area contributed by atoms with Crippen molar-refractivity contribution in [2.24, 2.45) is 0 Å². The Morgan fingerprint density at radius 1 is 1.12 bits per heavy atom. The molecule has 0 spiro atoms. The van der Waals surface area contributed by atoms with Crippen molar-refractivity contribution in [3.05, 3.63) is 40.4 Å². The summed E-state index contributed by atoms with van der Waals surface area (Å²) in [5.41, 5.74) is 2.03. The minimum Gasteiger partial charge on any atom is -0.493 e. The summed E-state index contributed by atoms with van der Waals surface area (Å²) in [7, 11) is 4.51. The number of carbonyl (C=O) groups is 1. The molecule has 1 amide bonds. The Bertz CT molecular complexity index is 962. The second kappa shape index (κ2) is 7.39. The molecule has 26 heavy (non-hydrogen) atoms. The van der Waals surface area contributed by atoms with Crippen molar-refractivity contribution >= 4 is 44.2 Å². The van der Waals surface area contributed by atoms with E-state index in [0.29, 0.717) is 33.0 Å². The van der Waals surface area contributed by atoms with Crippen molar-refractivity contribution in [3.63, 3.8) is 0 Å². The second-order valence-electron chi connectivity index (χ2n) is 5.41. The van der Waals surface area contributed by atoms with Crippen molar-refractivity contribution in [2.45, 2.75) is 6.92 Å². The van der Waals surface area contributed by atoms with Crippen LogP contribution in [0.25, 0.3) is 10.2 Å². The summed E-state index contributed by atoms with van der Waals surface area (Å²) in [6, 6.07) is 6.89. The van der Waals surface area contributed by atoms with Gasteiger partial charge in [0.05, 0.1) is 31.5 Å². The highest BCUT2D eigenvalue weighted by atomic mass is 35.5. The zero-order chi connectivity index (χ0) is 18.8. The van der Waals surface area contributed by atoms with Gasteiger partial charge in [0.15, 0.2) is 16.6 Å². The first-order chi connectivity index (χ1) is 12.5. The molecule has 1 N–H and O–H groups in total. The number of hydrogen-bond donors (Lipinski definition) is 1. The van der Waals surface area contributed by atoms with Gasteiger partial charge in [-0.1, -0.05) is 22.9 Å². The van der Waals surface area contributed by atoms with Crippen LogP contribution in [0.2, 0.25) is 5.02 Å². The molecule has 8 heteroatoms. The van der Waals surface area contributed by atoms with Crippen LogP contribution in [0.1, 0.15) is 15.9 Å². The largest absolute Gasteiger partial charge is 0.493 e. The Hall–Kier alpha value is -2.51. The van der Waals surface area contributed by atoms with Crippen LogP contribution in [0.5, 0.6) is 17.2 Å². The lowest BCUT2D eigenvalue weighted by Gasteiger charge is -2.13. The Morgan fingerprint density at radius 3 is 2.35 bits per heavy atom. The number of anilines is 1. The van der Waals surface area contributed by atoms with Crippen LogP contribution in [0, 0.1) is 6.92 Å². The number of nitrogens with one attached hydrogen (secondary N) is 1. The maximum Gasteiger partial charge on any atom is 0.257 e. The molecule has 0 unspecified atom stereocenters. The number of nitrogens with zero attached hydrogens (tertiary/aromatic N) is 1. The van der Waals surface area contributed by atoms with Gasteiger partial charge in [0.2, 0.25) is 5.75 Å². The van der Waals surface area contributed by atoms with Gasteiger partial charge in [-0.3, -0.25) is 10.1 Å². The number of aryl methyl sites for hydroxylation is 1. The number of fused-ring (bicyclic) bond motifs is 1. The zero-order valence-electron chi connectivity index (χ0n) is 14.7. The Morgan fingerprint density at radius 2 is 1.77 bits per heavy atom. The fourth-order valence-corrected chi connectivity index (χ4v) is 3.61. The smallest absolute Gasteiger partial charge is 0.257 e. The number of benzene rings is 2. The number of thiazole rings is 1. The molecule has 2 aromatic carbocycles. The van der Waals surface area contributed by atoms with Crippen molar-refractivity contribution in [1.82, 2.24) is 4.98 Å². The van der Waals surface area contributed by atoms with E-state index in [1.807, 2.05) is 19.1 Å². The lowest BCUT2D eigenvalue weighted by Crippen LogP contribution is -2.12. The second-order valence-corrected chi connectivity index (χ2v) is 6.84. The van der Waals surface area contributed by atoms with Crippen molar-refractivity contribution in [3.8, 4) is 17.2 Å². The number of carbonyl (C=O) groups excluding carboxylic acids is 1. The highest BCUT2D eigenvalue weighted by Gasteiger charge is 2.18. The number of halogens is 1. The minimum atomic E-state index is -0.327. The molecule has 0 aliphatic heterocycles. The van der Waals surface area contributed by atoms with E-state index in [2.05, 4.69) is 10.3 Å². The summed E-state index contributed by atoms with van der Waals surface area (Å²) in [6.07, 6.45) is 0. The topological polar surface area (TPSA) is 69.7 Å². The van der Waals surface area contributed by atoms with Crippen LogP contribution in [0.3, 0.4) is 0 Å². The Balaban J connectivity index is 1.94. The normalized spacial score (nSPS) is 10.7. The summed E-state index contributed by atoms with van der Waals surface area (Å²) in [6.45, 7) is 1.90. The van der Waals surface area contributed by atoms with Crippen LogP contribution in [-0.4, -0.2) is 32.2 Å². The summed E-state index contributed by atoms with van der Waals surface area (Å²) in [5, 5.41) is 3.94. The average Bonchev–Trinajstić information content (AvgIpc) is 3.06. The number of ether oxygens (including phenoxy) is 3. The van der Waals surface area contributed by atoms with Gasteiger partial charge in [0.25, 0.3) is 5.91 Å². The Kier molecular flexibility index (Phi) is 5.20. The lowest BCUT2D eigenvalue weighted by molar-refractivity contribution is 0.102. The first kappa shape index (κ1) is 18.3. The third kappa shape index (κ3) is 3.27. The average molecular weight is 393 g/mol. The quantitative estimate of drug-likeness (QED) is 0.690. The molecular weight excluding hydrogens is 376 g/mol. The third-order valence-corrected chi connectivity index (χ3v) is 5.24.